The Hall–Kier alpha value is 0.460. The molecular formula is C6H11O8PS-2. The van der Waals surface area contributed by atoms with Crippen molar-refractivity contribution in [2.24, 2.45) is 0 Å². The third-order valence-corrected chi connectivity index (χ3v) is 3.08. The molecule has 7 atom stereocenters. The van der Waals surface area contributed by atoms with E-state index in [2.05, 4.69) is 16.8 Å². The largest absolute Gasteiger partial charge is 0.676 e. The van der Waals surface area contributed by atoms with Crippen molar-refractivity contribution in [2.75, 3.05) is 0 Å². The van der Waals surface area contributed by atoms with Crippen LogP contribution in [0.25, 0.3) is 0 Å². The SMILES string of the molecule is OC1[C@@H](O)[C@@H](O)C(O[P+]([17O-])([18O-])[S-])[C@H](O)[C@H]1O. The predicted molar refractivity (Wildman–Crippen MR) is 49.2 cm³/mol. The van der Waals surface area contributed by atoms with Gasteiger partial charge in [-0.15, -0.1) is 0 Å². The van der Waals surface area contributed by atoms with Crippen molar-refractivity contribution in [1.29, 1.82) is 0 Å². The quantitative estimate of drug-likeness (QED) is 0.190. The molecule has 1 fully saturated rings. The van der Waals surface area contributed by atoms with Crippen molar-refractivity contribution in [3.63, 3.8) is 0 Å². The minimum Gasteiger partial charge on any atom is -0.676 e. The van der Waals surface area contributed by atoms with E-state index < -0.39 is 43.8 Å². The van der Waals surface area contributed by atoms with Gasteiger partial charge in [-0.2, -0.15) is 0 Å². The summed E-state index contributed by atoms with van der Waals surface area (Å²) in [5.41, 5.74) is 0. The molecule has 10 heteroatoms. The second-order valence-electron chi connectivity index (χ2n) is 3.47. The number of rotatable bonds is 2. The van der Waals surface area contributed by atoms with Crippen molar-refractivity contribution in [3.05, 3.63) is 0 Å². The Morgan fingerprint density at radius 1 is 0.938 bits per heavy atom. The van der Waals surface area contributed by atoms with E-state index >= 15 is 0 Å². The Labute approximate surface area is 96.5 Å². The fourth-order valence-electron chi connectivity index (χ4n) is 1.47. The second kappa shape index (κ2) is 4.99. The van der Waals surface area contributed by atoms with Gasteiger partial charge in [0.05, 0.1) is 0 Å². The lowest BCUT2D eigenvalue weighted by Gasteiger charge is -2.48. The van der Waals surface area contributed by atoms with Crippen molar-refractivity contribution in [3.8, 4) is 0 Å². The number of hydrogen-bond acceptors (Lipinski definition) is 9. The number of hydrogen-bond donors (Lipinski definition) is 5. The maximum absolute atomic E-state index is 10.7. The Kier molecular flexibility index (Phi) is 4.53. The molecule has 0 aromatic carbocycles. The molecule has 0 amide bonds. The predicted octanol–water partition coefficient (Wildman–Crippen LogP) is -4.87. The van der Waals surface area contributed by atoms with Crippen LogP contribution in [0.1, 0.15) is 0 Å². The monoisotopic (exact) mass is 277 g/mol. The van der Waals surface area contributed by atoms with Gasteiger partial charge in [-0.1, -0.05) is 7.15 Å². The fraction of sp³-hybridized carbons (Fsp3) is 1.00. The molecule has 96 valence electrons. The lowest BCUT2D eigenvalue weighted by Crippen LogP contribution is -2.64. The van der Waals surface area contributed by atoms with Crippen LogP contribution in [-0.4, -0.2) is 62.2 Å². The minimum absolute atomic E-state index is 1.80. The zero-order chi connectivity index (χ0) is 12.7. The van der Waals surface area contributed by atoms with Crippen LogP contribution < -0.4 is 9.79 Å². The summed E-state index contributed by atoms with van der Waals surface area (Å²) >= 11 is 3.91. The van der Waals surface area contributed by atoms with Crippen LogP contribution in [0.15, 0.2) is 0 Å². The van der Waals surface area contributed by atoms with Gasteiger partial charge in [-0.05, 0) is 0 Å². The molecule has 1 aliphatic rings. The molecule has 0 aliphatic heterocycles. The van der Waals surface area contributed by atoms with Gasteiger partial charge in [-0.25, -0.2) is 0 Å². The Morgan fingerprint density at radius 3 is 1.56 bits per heavy atom. The van der Waals surface area contributed by atoms with Crippen molar-refractivity contribution in [2.45, 2.75) is 36.6 Å². The first-order chi connectivity index (χ1) is 7.15. The molecule has 1 saturated carbocycles. The minimum atomic E-state index is -4.67. The average Bonchev–Trinajstić information content (AvgIpc) is 2.17. The van der Waals surface area contributed by atoms with Gasteiger partial charge in [0, 0.05) is 0 Å². The van der Waals surface area contributed by atoms with Crippen molar-refractivity contribution >= 4 is 19.4 Å². The number of aliphatic hydroxyl groups excluding tert-OH is 5. The van der Waals surface area contributed by atoms with Crippen LogP contribution in [0.5, 0.6) is 0 Å². The highest BCUT2D eigenvalue weighted by Gasteiger charge is 2.50. The standard InChI is InChI=1S/C6H13O8PS/c7-1-2(8)4(10)6(5(11)3(1)9)14-15(12,13)16/h1-11H,(H2,12,13,16)/p-2/t1?,2-,3+,4-,5-,6?/m1/s1/i12+1,13+2. The average molecular weight is 277 g/mol. The molecule has 0 heterocycles. The van der Waals surface area contributed by atoms with E-state index in [0.717, 1.165) is 0 Å². The first kappa shape index (κ1) is 14.5. The van der Waals surface area contributed by atoms with Crippen LogP contribution in [0.4, 0.5) is 0 Å². The molecule has 0 aromatic heterocycles. The molecule has 0 bridgehead atoms. The fourth-order valence-corrected chi connectivity index (χ4v) is 2.32. The van der Waals surface area contributed by atoms with E-state index in [1.54, 1.807) is 0 Å². The molecule has 0 aromatic rings. The van der Waals surface area contributed by atoms with Gasteiger partial charge >= 0.3 is 0 Å². The molecule has 3 unspecified atom stereocenters. The van der Waals surface area contributed by atoms with Crippen LogP contribution >= 0.6 is 7.15 Å². The third-order valence-electron chi connectivity index (χ3n) is 2.32. The van der Waals surface area contributed by atoms with E-state index in [-0.39, 0.29) is 0 Å². The maximum Gasteiger partial charge on any atom is 0.155 e. The summed E-state index contributed by atoms with van der Waals surface area (Å²) in [5, 5.41) is 46.3. The zero-order valence-electron chi connectivity index (χ0n) is 7.78. The van der Waals surface area contributed by atoms with Gasteiger partial charge in [-0.3, -0.25) is 4.52 Å². The first-order valence-electron chi connectivity index (χ1n) is 4.26. The smallest absolute Gasteiger partial charge is 0.155 e. The normalized spacial score (nSPS) is 48.8. The Morgan fingerprint density at radius 2 is 1.25 bits per heavy atom. The van der Waals surface area contributed by atoms with Crippen LogP contribution in [0.2, 0.25) is 0 Å². The van der Waals surface area contributed by atoms with E-state index in [1.807, 2.05) is 0 Å². The molecule has 8 nitrogen and oxygen atoms in total. The van der Waals surface area contributed by atoms with Crippen molar-refractivity contribution < 1.29 is 39.8 Å². The summed E-state index contributed by atoms with van der Waals surface area (Å²) in [4.78, 5) is 21.3. The van der Waals surface area contributed by atoms with E-state index in [9.17, 15) is 30.2 Å². The number of aliphatic hydroxyl groups is 5. The highest BCUT2D eigenvalue weighted by molar-refractivity contribution is 8.33. The molecule has 0 saturated heterocycles. The highest BCUT2D eigenvalue weighted by Crippen LogP contribution is 2.42. The first-order valence-corrected chi connectivity index (χ1v) is 6.81. The van der Waals surface area contributed by atoms with Crippen LogP contribution in [0, 0.1) is 0 Å². The van der Waals surface area contributed by atoms with Gasteiger partial charge in [0.15, 0.2) is 6.10 Å². The summed E-state index contributed by atoms with van der Waals surface area (Å²) in [6, 6.07) is 0. The van der Waals surface area contributed by atoms with Gasteiger partial charge < -0.3 is 47.6 Å². The van der Waals surface area contributed by atoms with Gasteiger partial charge in [0.1, 0.15) is 30.5 Å². The lowest BCUT2D eigenvalue weighted by atomic mass is 9.85. The topological polar surface area (TPSA) is 156 Å². The zero-order valence-corrected chi connectivity index (χ0v) is 9.49. The molecule has 16 heavy (non-hydrogen) atoms. The summed E-state index contributed by atoms with van der Waals surface area (Å²) in [5.74, 6) is 0. The molecular weight excluding hydrogens is 266 g/mol. The van der Waals surface area contributed by atoms with Crippen molar-refractivity contribution in [1.82, 2.24) is 0 Å². The van der Waals surface area contributed by atoms with Crippen LogP contribution in [0.3, 0.4) is 0 Å². The molecule has 0 radical (unpaired) electrons. The summed E-state index contributed by atoms with van der Waals surface area (Å²) in [7, 11) is -4.67. The molecule has 1 rings (SSSR count). The Balaban J connectivity index is 2.83. The summed E-state index contributed by atoms with van der Waals surface area (Å²) in [6.45, 7) is 0. The van der Waals surface area contributed by atoms with Gasteiger partial charge in [0.2, 0.25) is 0 Å². The molecule has 0 spiro atoms. The second-order valence-corrected chi connectivity index (χ2v) is 5.92. The van der Waals surface area contributed by atoms with E-state index in [1.165, 1.54) is 0 Å². The van der Waals surface area contributed by atoms with E-state index in [0.29, 0.717) is 0 Å². The van der Waals surface area contributed by atoms with Crippen LogP contribution in [-0.2, 0) is 16.8 Å². The highest BCUT2D eigenvalue weighted by atomic mass is 32.7. The summed E-state index contributed by atoms with van der Waals surface area (Å²) in [6.07, 6.45) is -11.1. The third kappa shape index (κ3) is 3.02. The molecule has 5 N–H and O–H groups in total. The Bertz CT molecular complexity index is 231. The maximum atomic E-state index is 10.7. The van der Waals surface area contributed by atoms with Gasteiger partial charge in [0.25, 0.3) is 0 Å². The lowest BCUT2D eigenvalue weighted by molar-refractivity contribution is -0.337. The summed E-state index contributed by atoms with van der Waals surface area (Å²) < 4.78 is 4.18. The molecule has 1 aliphatic carbocycles. The van der Waals surface area contributed by atoms with E-state index in [4.69, 9.17) is 5.11 Å².